The zero-order valence-corrected chi connectivity index (χ0v) is 13.1. The zero-order chi connectivity index (χ0) is 14.7. The molecule has 2 rings (SSSR count). The van der Waals surface area contributed by atoms with Gasteiger partial charge in [0.25, 0.3) is 0 Å². The molecule has 114 valence electrons. The standard InChI is InChI=1S/C15H27N3O2/c1-5-14-9-17(6-7-18(14)8-11(2)19)10-15-12(3)16-20-13(15)4/h11,14,19H,5-10H2,1-4H3/t11-,14-/m1/s1. The molecule has 1 fully saturated rings. The van der Waals surface area contributed by atoms with Crippen molar-refractivity contribution >= 4 is 0 Å². The lowest BCUT2D eigenvalue weighted by Gasteiger charge is -2.41. The van der Waals surface area contributed by atoms with Gasteiger partial charge in [-0.2, -0.15) is 0 Å². The summed E-state index contributed by atoms with van der Waals surface area (Å²) in [6.07, 6.45) is 0.864. The molecule has 1 aliphatic heterocycles. The van der Waals surface area contributed by atoms with E-state index in [4.69, 9.17) is 4.52 Å². The SMILES string of the molecule is CC[C@@H]1CN(Cc2c(C)noc2C)CCN1C[C@@H](C)O. The topological polar surface area (TPSA) is 52.7 Å². The Morgan fingerprint density at radius 1 is 1.40 bits per heavy atom. The van der Waals surface area contributed by atoms with Crippen LogP contribution in [0.4, 0.5) is 0 Å². The summed E-state index contributed by atoms with van der Waals surface area (Å²) >= 11 is 0. The molecule has 0 aliphatic carbocycles. The lowest BCUT2D eigenvalue weighted by Crippen LogP contribution is -2.54. The zero-order valence-electron chi connectivity index (χ0n) is 13.1. The molecule has 0 saturated carbocycles. The van der Waals surface area contributed by atoms with Crippen LogP contribution in [0.5, 0.6) is 0 Å². The van der Waals surface area contributed by atoms with Gasteiger partial charge < -0.3 is 9.63 Å². The van der Waals surface area contributed by atoms with Gasteiger partial charge in [-0.3, -0.25) is 9.80 Å². The third kappa shape index (κ3) is 3.59. The highest BCUT2D eigenvalue weighted by Gasteiger charge is 2.27. The van der Waals surface area contributed by atoms with Crippen LogP contribution in [0.15, 0.2) is 4.52 Å². The minimum absolute atomic E-state index is 0.252. The quantitative estimate of drug-likeness (QED) is 0.888. The molecule has 0 amide bonds. The predicted molar refractivity (Wildman–Crippen MR) is 78.6 cm³/mol. The van der Waals surface area contributed by atoms with Gasteiger partial charge in [0.05, 0.1) is 11.8 Å². The lowest BCUT2D eigenvalue weighted by molar-refractivity contribution is 0.0336. The lowest BCUT2D eigenvalue weighted by atomic mass is 10.1. The number of β-amino-alcohol motifs (C(OH)–C–C–N with tert-alkyl or cyclic N) is 1. The fraction of sp³-hybridized carbons (Fsp3) is 0.800. The largest absolute Gasteiger partial charge is 0.392 e. The molecule has 1 saturated heterocycles. The number of piperazine rings is 1. The maximum absolute atomic E-state index is 9.59. The first-order valence-corrected chi connectivity index (χ1v) is 7.57. The number of aliphatic hydroxyl groups is 1. The van der Waals surface area contributed by atoms with Crippen LogP contribution in [-0.2, 0) is 6.54 Å². The van der Waals surface area contributed by atoms with E-state index in [2.05, 4.69) is 21.9 Å². The molecule has 0 spiro atoms. The Bertz CT molecular complexity index is 411. The molecular weight excluding hydrogens is 254 g/mol. The number of hydrogen-bond donors (Lipinski definition) is 1. The third-order valence-corrected chi connectivity index (χ3v) is 4.22. The Morgan fingerprint density at radius 2 is 2.15 bits per heavy atom. The van der Waals surface area contributed by atoms with Crippen molar-refractivity contribution in [2.75, 3.05) is 26.2 Å². The normalized spacial score (nSPS) is 23.1. The number of aryl methyl sites for hydroxylation is 2. The summed E-state index contributed by atoms with van der Waals surface area (Å²) in [4.78, 5) is 4.88. The van der Waals surface area contributed by atoms with Crippen molar-refractivity contribution in [3.05, 3.63) is 17.0 Å². The molecule has 1 N–H and O–H groups in total. The first-order valence-electron chi connectivity index (χ1n) is 7.57. The summed E-state index contributed by atoms with van der Waals surface area (Å²) in [5.74, 6) is 0.932. The van der Waals surface area contributed by atoms with Gasteiger partial charge in [0.1, 0.15) is 5.76 Å². The Labute approximate surface area is 121 Å². The van der Waals surface area contributed by atoms with Crippen LogP contribution in [0, 0.1) is 13.8 Å². The number of nitrogens with zero attached hydrogens (tertiary/aromatic N) is 3. The Hall–Kier alpha value is -0.910. The summed E-state index contributed by atoms with van der Waals surface area (Å²) in [5.41, 5.74) is 2.23. The first kappa shape index (κ1) is 15.5. The van der Waals surface area contributed by atoms with Gasteiger partial charge in [-0.1, -0.05) is 12.1 Å². The van der Waals surface area contributed by atoms with E-state index in [0.717, 1.165) is 50.6 Å². The van der Waals surface area contributed by atoms with Gasteiger partial charge in [-0.25, -0.2) is 0 Å². The van der Waals surface area contributed by atoms with E-state index in [0.29, 0.717) is 6.04 Å². The summed E-state index contributed by atoms with van der Waals surface area (Å²) < 4.78 is 5.24. The number of aromatic nitrogens is 1. The molecule has 5 heteroatoms. The monoisotopic (exact) mass is 281 g/mol. The number of rotatable bonds is 5. The highest BCUT2D eigenvalue weighted by molar-refractivity contribution is 5.20. The van der Waals surface area contributed by atoms with Crippen LogP contribution in [0.25, 0.3) is 0 Å². The molecule has 0 bridgehead atoms. The highest BCUT2D eigenvalue weighted by atomic mass is 16.5. The Balaban J connectivity index is 1.96. The minimum Gasteiger partial charge on any atom is -0.392 e. The second-order valence-electron chi connectivity index (χ2n) is 5.94. The minimum atomic E-state index is -0.252. The van der Waals surface area contributed by atoms with Crippen molar-refractivity contribution in [1.29, 1.82) is 0 Å². The van der Waals surface area contributed by atoms with Crippen molar-refractivity contribution in [1.82, 2.24) is 15.0 Å². The molecule has 1 aliphatic rings. The van der Waals surface area contributed by atoms with Crippen molar-refractivity contribution in [3.63, 3.8) is 0 Å². The van der Waals surface area contributed by atoms with Crippen LogP contribution in [-0.4, -0.2) is 58.4 Å². The second-order valence-corrected chi connectivity index (χ2v) is 5.94. The van der Waals surface area contributed by atoms with E-state index in [1.165, 1.54) is 5.56 Å². The van der Waals surface area contributed by atoms with Gasteiger partial charge in [-0.15, -0.1) is 0 Å². The molecule has 20 heavy (non-hydrogen) atoms. The Kier molecular flexibility index (Phi) is 5.18. The Morgan fingerprint density at radius 3 is 2.70 bits per heavy atom. The van der Waals surface area contributed by atoms with Gasteiger partial charge in [0.15, 0.2) is 0 Å². The average Bonchev–Trinajstić information content (AvgIpc) is 2.71. The van der Waals surface area contributed by atoms with E-state index >= 15 is 0 Å². The average molecular weight is 281 g/mol. The maximum atomic E-state index is 9.59. The number of hydrogen-bond acceptors (Lipinski definition) is 5. The molecule has 0 aromatic carbocycles. The molecule has 0 radical (unpaired) electrons. The van der Waals surface area contributed by atoms with Gasteiger partial charge in [0.2, 0.25) is 0 Å². The van der Waals surface area contributed by atoms with E-state index in [-0.39, 0.29) is 6.10 Å². The van der Waals surface area contributed by atoms with Crippen molar-refractivity contribution in [2.45, 2.75) is 52.8 Å². The summed E-state index contributed by atoms with van der Waals surface area (Å²) in [6, 6.07) is 0.527. The van der Waals surface area contributed by atoms with E-state index < -0.39 is 0 Å². The molecule has 2 atom stereocenters. The van der Waals surface area contributed by atoms with E-state index in [9.17, 15) is 5.11 Å². The van der Waals surface area contributed by atoms with E-state index in [1.807, 2.05) is 20.8 Å². The fourth-order valence-electron chi connectivity index (χ4n) is 3.02. The van der Waals surface area contributed by atoms with Crippen LogP contribution >= 0.6 is 0 Å². The summed E-state index contributed by atoms with van der Waals surface area (Å²) in [6.45, 7) is 12.9. The molecule has 1 aromatic rings. The summed E-state index contributed by atoms with van der Waals surface area (Å²) in [5, 5.41) is 13.6. The third-order valence-electron chi connectivity index (χ3n) is 4.22. The van der Waals surface area contributed by atoms with Crippen LogP contribution in [0.1, 0.15) is 37.3 Å². The molecule has 1 aromatic heterocycles. The van der Waals surface area contributed by atoms with Crippen LogP contribution < -0.4 is 0 Å². The van der Waals surface area contributed by atoms with Crippen molar-refractivity contribution in [2.24, 2.45) is 0 Å². The fourth-order valence-corrected chi connectivity index (χ4v) is 3.02. The van der Waals surface area contributed by atoms with Crippen molar-refractivity contribution in [3.8, 4) is 0 Å². The van der Waals surface area contributed by atoms with Gasteiger partial charge in [0, 0.05) is 44.3 Å². The molecule has 5 nitrogen and oxygen atoms in total. The predicted octanol–water partition coefficient (Wildman–Crippen LogP) is 1.57. The smallest absolute Gasteiger partial charge is 0.138 e. The summed E-state index contributed by atoms with van der Waals surface area (Å²) in [7, 11) is 0. The first-order chi connectivity index (χ1) is 9.51. The van der Waals surface area contributed by atoms with Gasteiger partial charge in [-0.05, 0) is 27.2 Å². The van der Waals surface area contributed by atoms with Crippen LogP contribution in [0.3, 0.4) is 0 Å². The van der Waals surface area contributed by atoms with E-state index in [1.54, 1.807) is 0 Å². The maximum Gasteiger partial charge on any atom is 0.138 e. The van der Waals surface area contributed by atoms with Gasteiger partial charge >= 0.3 is 0 Å². The van der Waals surface area contributed by atoms with Crippen LogP contribution in [0.2, 0.25) is 0 Å². The molecular formula is C15H27N3O2. The van der Waals surface area contributed by atoms with Crippen molar-refractivity contribution < 1.29 is 9.63 Å². The number of aliphatic hydroxyl groups excluding tert-OH is 1. The second kappa shape index (κ2) is 6.70. The molecule has 2 heterocycles. The highest BCUT2D eigenvalue weighted by Crippen LogP contribution is 2.19. The molecule has 0 unspecified atom stereocenters.